The summed E-state index contributed by atoms with van der Waals surface area (Å²) in [7, 11) is 1.15. The van der Waals surface area contributed by atoms with Gasteiger partial charge in [0.05, 0.1) is 29.7 Å². The van der Waals surface area contributed by atoms with Gasteiger partial charge in [0.25, 0.3) is 0 Å². The number of rotatable bonds is 3. The molecule has 0 fully saturated rings. The first kappa shape index (κ1) is 15.1. The number of nitrogens with one attached hydrogen (secondary N) is 1. The van der Waals surface area contributed by atoms with Crippen LogP contribution in [0.25, 0.3) is 0 Å². The molecule has 0 amide bonds. The lowest BCUT2D eigenvalue weighted by atomic mass is 10.1. The van der Waals surface area contributed by atoms with E-state index in [1.54, 1.807) is 6.07 Å². The van der Waals surface area contributed by atoms with Crippen molar-refractivity contribution in [1.29, 1.82) is 0 Å². The smallest absolute Gasteiger partial charge is 0.340 e. The van der Waals surface area contributed by atoms with E-state index in [0.717, 1.165) is 7.11 Å². The Morgan fingerprint density at radius 2 is 2.00 bits per heavy atom. The maximum atomic E-state index is 14.3. The van der Waals surface area contributed by atoms with E-state index < -0.39 is 17.6 Å². The Bertz CT molecular complexity index is 708. The number of thiol groups is 1. The molecule has 0 radical (unpaired) electrons. The maximum absolute atomic E-state index is 14.3. The van der Waals surface area contributed by atoms with E-state index in [9.17, 15) is 13.6 Å². The molecule has 0 heterocycles. The normalized spacial score (nSPS) is 10.3. The minimum Gasteiger partial charge on any atom is -0.465 e. The van der Waals surface area contributed by atoms with E-state index in [0.29, 0.717) is 0 Å². The second-order valence-electron chi connectivity index (χ2n) is 4.14. The van der Waals surface area contributed by atoms with Crippen LogP contribution in [0, 0.1) is 11.6 Å². The second kappa shape index (κ2) is 6.01. The third kappa shape index (κ3) is 2.92. The van der Waals surface area contributed by atoms with E-state index in [4.69, 9.17) is 5.73 Å². The molecule has 4 nitrogen and oxygen atoms in total. The molecule has 0 aliphatic heterocycles. The average molecular weight is 310 g/mol. The Morgan fingerprint density at radius 3 is 2.62 bits per heavy atom. The number of halogens is 2. The van der Waals surface area contributed by atoms with Crippen molar-refractivity contribution >= 4 is 35.7 Å². The summed E-state index contributed by atoms with van der Waals surface area (Å²) in [5.41, 5.74) is 4.92. The Labute approximate surface area is 125 Å². The SMILES string of the molecule is COC(=O)c1cc(S)c(N)c(F)c1Nc1ccccc1F. The molecular weight excluding hydrogens is 298 g/mol. The van der Waals surface area contributed by atoms with Crippen molar-refractivity contribution in [2.24, 2.45) is 0 Å². The molecule has 2 aromatic rings. The summed E-state index contributed by atoms with van der Waals surface area (Å²) in [5.74, 6) is -2.28. The highest BCUT2D eigenvalue weighted by Gasteiger charge is 2.21. The first-order chi connectivity index (χ1) is 9.95. The Balaban J connectivity index is 2.59. The zero-order valence-electron chi connectivity index (χ0n) is 11.0. The zero-order chi connectivity index (χ0) is 15.6. The van der Waals surface area contributed by atoms with Crippen LogP contribution in [0.5, 0.6) is 0 Å². The molecule has 0 spiro atoms. The summed E-state index contributed by atoms with van der Waals surface area (Å²) >= 11 is 3.99. The summed E-state index contributed by atoms with van der Waals surface area (Å²) < 4.78 is 32.5. The van der Waals surface area contributed by atoms with Crippen molar-refractivity contribution < 1.29 is 18.3 Å². The molecule has 0 bridgehead atoms. The summed E-state index contributed by atoms with van der Waals surface area (Å²) in [5, 5.41) is 2.53. The van der Waals surface area contributed by atoms with Gasteiger partial charge in [-0.1, -0.05) is 12.1 Å². The second-order valence-corrected chi connectivity index (χ2v) is 4.62. The molecule has 2 rings (SSSR count). The Kier molecular flexibility index (Phi) is 4.32. The number of methoxy groups -OCH3 is 1. The quantitative estimate of drug-likeness (QED) is 0.462. The van der Waals surface area contributed by atoms with Crippen LogP contribution in [0.15, 0.2) is 35.2 Å². The molecule has 0 aromatic heterocycles. The van der Waals surface area contributed by atoms with Crippen molar-refractivity contribution in [3.63, 3.8) is 0 Å². The largest absolute Gasteiger partial charge is 0.465 e. The monoisotopic (exact) mass is 310 g/mol. The van der Waals surface area contributed by atoms with E-state index in [1.165, 1.54) is 24.3 Å². The molecule has 21 heavy (non-hydrogen) atoms. The fraction of sp³-hybridized carbons (Fsp3) is 0.0714. The molecule has 0 saturated heterocycles. The molecule has 0 atom stereocenters. The van der Waals surface area contributed by atoms with E-state index in [1.807, 2.05) is 0 Å². The van der Waals surface area contributed by atoms with Gasteiger partial charge in [-0.25, -0.2) is 13.6 Å². The highest BCUT2D eigenvalue weighted by Crippen LogP contribution is 2.33. The van der Waals surface area contributed by atoms with Crippen LogP contribution >= 0.6 is 12.6 Å². The number of para-hydroxylation sites is 1. The molecule has 0 unspecified atom stereocenters. The van der Waals surface area contributed by atoms with Crippen molar-refractivity contribution in [3.8, 4) is 0 Å². The minimum atomic E-state index is -0.897. The highest BCUT2D eigenvalue weighted by molar-refractivity contribution is 7.80. The summed E-state index contributed by atoms with van der Waals surface area (Å²) in [6.45, 7) is 0. The van der Waals surface area contributed by atoms with E-state index >= 15 is 0 Å². The van der Waals surface area contributed by atoms with E-state index in [-0.39, 0.29) is 27.5 Å². The van der Waals surface area contributed by atoms with Crippen LogP contribution < -0.4 is 11.1 Å². The first-order valence-corrected chi connectivity index (χ1v) is 6.31. The van der Waals surface area contributed by atoms with Crippen LogP contribution in [0.3, 0.4) is 0 Å². The van der Waals surface area contributed by atoms with Gasteiger partial charge in [0.1, 0.15) is 5.82 Å². The predicted octanol–water partition coefficient (Wildman–Crippen LogP) is 3.37. The van der Waals surface area contributed by atoms with Gasteiger partial charge in [-0.3, -0.25) is 0 Å². The maximum Gasteiger partial charge on any atom is 0.340 e. The fourth-order valence-corrected chi connectivity index (χ4v) is 1.97. The lowest BCUT2D eigenvalue weighted by Gasteiger charge is -2.15. The van der Waals surface area contributed by atoms with Gasteiger partial charge in [0.15, 0.2) is 5.82 Å². The standard InChI is InChI=1S/C14H12F2N2O2S/c1-20-14(19)7-6-10(21)12(17)11(16)13(7)18-9-5-3-2-4-8(9)15/h2-6,18,21H,17H2,1H3. The summed E-state index contributed by atoms with van der Waals surface area (Å²) in [4.78, 5) is 11.8. The molecule has 7 heteroatoms. The van der Waals surface area contributed by atoms with Crippen molar-refractivity contribution in [2.75, 3.05) is 18.2 Å². The number of esters is 1. The zero-order valence-corrected chi connectivity index (χ0v) is 11.9. The van der Waals surface area contributed by atoms with Crippen molar-refractivity contribution in [3.05, 3.63) is 47.5 Å². The number of hydrogen-bond donors (Lipinski definition) is 3. The number of nitrogens with two attached hydrogens (primary N) is 1. The molecule has 110 valence electrons. The lowest BCUT2D eigenvalue weighted by molar-refractivity contribution is 0.0601. The highest BCUT2D eigenvalue weighted by atomic mass is 32.1. The van der Waals surface area contributed by atoms with Crippen molar-refractivity contribution in [2.45, 2.75) is 4.90 Å². The van der Waals surface area contributed by atoms with Crippen molar-refractivity contribution in [1.82, 2.24) is 0 Å². The van der Waals surface area contributed by atoms with Gasteiger partial charge in [0.2, 0.25) is 0 Å². The number of nitrogen functional groups attached to an aromatic ring is 1. The van der Waals surface area contributed by atoms with Crippen LogP contribution in [0.2, 0.25) is 0 Å². The minimum absolute atomic E-state index is 0.00728. The number of carbonyl (C=O) groups excluding carboxylic acids is 1. The molecule has 0 aliphatic carbocycles. The van der Waals surface area contributed by atoms with E-state index in [2.05, 4.69) is 22.7 Å². The Morgan fingerprint density at radius 1 is 1.33 bits per heavy atom. The van der Waals surface area contributed by atoms with Gasteiger partial charge in [-0.2, -0.15) is 0 Å². The Hall–Kier alpha value is -2.28. The van der Waals surface area contributed by atoms with Gasteiger partial charge in [0, 0.05) is 4.90 Å². The predicted molar refractivity (Wildman–Crippen MR) is 79.1 cm³/mol. The number of benzene rings is 2. The third-order valence-electron chi connectivity index (χ3n) is 2.82. The number of anilines is 3. The summed E-state index contributed by atoms with van der Waals surface area (Å²) in [6, 6.07) is 6.92. The topological polar surface area (TPSA) is 64.3 Å². The van der Waals surface area contributed by atoms with Gasteiger partial charge in [-0.15, -0.1) is 12.6 Å². The molecular formula is C14H12F2N2O2S. The van der Waals surface area contributed by atoms with Crippen LogP contribution in [0.1, 0.15) is 10.4 Å². The molecule has 3 N–H and O–H groups in total. The number of hydrogen-bond acceptors (Lipinski definition) is 5. The third-order valence-corrected chi connectivity index (χ3v) is 3.19. The fourth-order valence-electron chi connectivity index (χ4n) is 1.74. The van der Waals surface area contributed by atoms with Crippen LogP contribution in [-0.4, -0.2) is 13.1 Å². The van der Waals surface area contributed by atoms with Gasteiger partial charge < -0.3 is 15.8 Å². The lowest BCUT2D eigenvalue weighted by Crippen LogP contribution is -2.10. The van der Waals surface area contributed by atoms with Gasteiger partial charge >= 0.3 is 5.97 Å². The first-order valence-electron chi connectivity index (χ1n) is 5.86. The van der Waals surface area contributed by atoms with Crippen LogP contribution in [-0.2, 0) is 4.74 Å². The van der Waals surface area contributed by atoms with Crippen LogP contribution in [0.4, 0.5) is 25.8 Å². The number of carbonyl (C=O) groups is 1. The molecule has 0 aliphatic rings. The molecule has 2 aromatic carbocycles. The average Bonchev–Trinajstić information content (AvgIpc) is 2.48. The number of ether oxygens (including phenoxy) is 1. The molecule has 0 saturated carbocycles. The van der Waals surface area contributed by atoms with Gasteiger partial charge in [-0.05, 0) is 18.2 Å². The summed E-state index contributed by atoms with van der Waals surface area (Å²) in [6.07, 6.45) is 0.